The number of ether oxygens (including phenoxy) is 1. The zero-order valence-electron chi connectivity index (χ0n) is 17.5. The molecule has 4 aromatic rings. The summed E-state index contributed by atoms with van der Waals surface area (Å²) >= 11 is 0. The predicted molar refractivity (Wildman–Crippen MR) is 113 cm³/mol. The molecule has 156 valence electrons. The van der Waals surface area contributed by atoms with E-state index < -0.39 is 0 Å². The Labute approximate surface area is 173 Å². The van der Waals surface area contributed by atoms with E-state index in [9.17, 15) is 5.11 Å². The van der Waals surface area contributed by atoms with Crippen molar-refractivity contribution in [3.63, 3.8) is 0 Å². The molecule has 1 N–H and O–H groups in total. The van der Waals surface area contributed by atoms with Gasteiger partial charge < -0.3 is 19.2 Å². The van der Waals surface area contributed by atoms with Crippen LogP contribution in [0.3, 0.4) is 0 Å². The predicted octanol–water partition coefficient (Wildman–Crippen LogP) is 2.64. The fraction of sp³-hybridized carbons (Fsp3) is 0.333. The van der Waals surface area contributed by atoms with Crippen molar-refractivity contribution in [2.45, 2.75) is 33.9 Å². The van der Waals surface area contributed by atoms with E-state index >= 15 is 0 Å². The maximum atomic E-state index is 9.36. The summed E-state index contributed by atoms with van der Waals surface area (Å²) in [4.78, 5) is 14.6. The average Bonchev–Trinajstić information content (AvgIpc) is 3.28. The third-order valence-corrected chi connectivity index (χ3v) is 5.22. The van der Waals surface area contributed by atoms with Gasteiger partial charge in [0.1, 0.15) is 17.7 Å². The van der Waals surface area contributed by atoms with Gasteiger partial charge in [0, 0.05) is 12.2 Å². The SMILES string of the molecule is COc1ccc(/C(C)=N/OCc2nc3c4c(C)c(C)n(CCO)c4ncn3n2)cc1. The minimum Gasteiger partial charge on any atom is -0.497 e. The van der Waals surface area contributed by atoms with Crippen molar-refractivity contribution >= 4 is 22.4 Å². The Morgan fingerprint density at radius 2 is 1.93 bits per heavy atom. The summed E-state index contributed by atoms with van der Waals surface area (Å²) in [5.41, 5.74) is 5.33. The van der Waals surface area contributed by atoms with Gasteiger partial charge in [0.05, 0.1) is 24.8 Å². The Morgan fingerprint density at radius 3 is 2.63 bits per heavy atom. The molecule has 9 nitrogen and oxygen atoms in total. The first kappa shape index (κ1) is 19.8. The summed E-state index contributed by atoms with van der Waals surface area (Å²) in [6, 6.07) is 7.61. The molecule has 0 unspecified atom stereocenters. The standard InChI is InChI=1S/C21H24N6O3/c1-13-15(3)26(9-10-28)20-19(13)21-23-18(24-27(21)12-22-20)11-30-25-14(2)16-5-7-17(29-4)8-6-16/h5-8,12,28H,9-11H2,1-4H3/b25-14+. The molecule has 30 heavy (non-hydrogen) atoms. The first-order valence-electron chi connectivity index (χ1n) is 9.65. The highest BCUT2D eigenvalue weighted by Crippen LogP contribution is 2.26. The lowest BCUT2D eigenvalue weighted by Gasteiger charge is -2.04. The topological polar surface area (TPSA) is 99.1 Å². The van der Waals surface area contributed by atoms with Gasteiger partial charge in [-0.25, -0.2) is 14.5 Å². The van der Waals surface area contributed by atoms with Gasteiger partial charge in [-0.15, -0.1) is 5.10 Å². The number of aromatic nitrogens is 5. The van der Waals surface area contributed by atoms with Crippen molar-refractivity contribution in [1.29, 1.82) is 0 Å². The number of fused-ring (bicyclic) bond motifs is 3. The number of nitrogens with zero attached hydrogens (tertiary/aromatic N) is 6. The lowest BCUT2D eigenvalue weighted by molar-refractivity contribution is 0.125. The van der Waals surface area contributed by atoms with Crippen molar-refractivity contribution in [3.8, 4) is 5.75 Å². The molecule has 0 saturated carbocycles. The number of benzene rings is 1. The van der Waals surface area contributed by atoms with Crippen LogP contribution in [0.15, 0.2) is 35.7 Å². The molecule has 0 saturated heterocycles. The van der Waals surface area contributed by atoms with E-state index in [1.54, 1.807) is 18.0 Å². The van der Waals surface area contributed by atoms with Crippen molar-refractivity contribution < 1.29 is 14.7 Å². The largest absolute Gasteiger partial charge is 0.497 e. The van der Waals surface area contributed by atoms with Crippen LogP contribution in [-0.4, -0.2) is 48.7 Å². The molecule has 0 fully saturated rings. The Kier molecular flexibility index (Phi) is 5.37. The fourth-order valence-corrected chi connectivity index (χ4v) is 3.48. The normalized spacial score (nSPS) is 12.1. The first-order chi connectivity index (χ1) is 14.5. The molecule has 0 bridgehead atoms. The van der Waals surface area contributed by atoms with Gasteiger partial charge in [-0.3, -0.25) is 0 Å². The molecule has 0 spiro atoms. The van der Waals surface area contributed by atoms with E-state index in [1.165, 1.54) is 0 Å². The summed E-state index contributed by atoms with van der Waals surface area (Å²) in [6.07, 6.45) is 1.63. The zero-order valence-corrected chi connectivity index (χ0v) is 17.5. The fourth-order valence-electron chi connectivity index (χ4n) is 3.48. The molecule has 0 aliphatic carbocycles. The quantitative estimate of drug-likeness (QED) is 0.373. The highest BCUT2D eigenvalue weighted by molar-refractivity contribution is 5.98. The van der Waals surface area contributed by atoms with Crippen molar-refractivity contribution in [2.24, 2.45) is 5.16 Å². The smallest absolute Gasteiger partial charge is 0.192 e. The van der Waals surface area contributed by atoms with Gasteiger partial charge in [0.25, 0.3) is 0 Å². The Balaban J connectivity index is 1.58. The van der Waals surface area contributed by atoms with Crippen LogP contribution < -0.4 is 4.74 Å². The second-order valence-electron chi connectivity index (χ2n) is 7.00. The van der Waals surface area contributed by atoms with E-state index in [0.717, 1.165) is 39.3 Å². The molecule has 0 aliphatic rings. The molecule has 1 aromatic carbocycles. The number of aryl methyl sites for hydroxylation is 1. The number of aliphatic hydroxyl groups is 1. The molecule has 3 aromatic heterocycles. The first-order valence-corrected chi connectivity index (χ1v) is 9.65. The van der Waals surface area contributed by atoms with E-state index in [4.69, 9.17) is 9.57 Å². The second-order valence-corrected chi connectivity index (χ2v) is 7.00. The molecular weight excluding hydrogens is 384 g/mol. The number of aliphatic hydroxyl groups excluding tert-OH is 1. The molecule has 0 radical (unpaired) electrons. The van der Waals surface area contributed by atoms with Crippen LogP contribution in [-0.2, 0) is 18.0 Å². The summed E-state index contributed by atoms with van der Waals surface area (Å²) in [7, 11) is 1.63. The monoisotopic (exact) mass is 408 g/mol. The van der Waals surface area contributed by atoms with E-state index in [1.807, 2.05) is 49.6 Å². The molecule has 4 rings (SSSR count). The van der Waals surface area contributed by atoms with Crippen LogP contribution in [0.2, 0.25) is 0 Å². The Bertz CT molecular complexity index is 1220. The molecule has 9 heteroatoms. The Morgan fingerprint density at radius 1 is 1.17 bits per heavy atom. The highest BCUT2D eigenvalue weighted by atomic mass is 16.6. The minimum absolute atomic E-state index is 0.0499. The van der Waals surface area contributed by atoms with Gasteiger partial charge in [0.15, 0.2) is 18.1 Å². The van der Waals surface area contributed by atoms with Gasteiger partial charge in [-0.2, -0.15) is 0 Å². The number of hydrogen-bond acceptors (Lipinski definition) is 7. The summed E-state index contributed by atoms with van der Waals surface area (Å²) in [5.74, 6) is 1.31. The molecule has 3 heterocycles. The van der Waals surface area contributed by atoms with E-state index in [0.29, 0.717) is 18.0 Å². The van der Waals surface area contributed by atoms with Crippen molar-refractivity contribution in [3.05, 3.63) is 53.2 Å². The van der Waals surface area contributed by atoms with Crippen LogP contribution in [0.5, 0.6) is 5.75 Å². The van der Waals surface area contributed by atoms with Gasteiger partial charge in [0.2, 0.25) is 0 Å². The van der Waals surface area contributed by atoms with Gasteiger partial charge >= 0.3 is 0 Å². The maximum absolute atomic E-state index is 9.36. The molecule has 0 aliphatic heterocycles. The van der Waals surface area contributed by atoms with Gasteiger partial charge in [-0.1, -0.05) is 5.16 Å². The van der Waals surface area contributed by atoms with E-state index in [-0.39, 0.29) is 13.2 Å². The molecule has 0 amide bonds. The summed E-state index contributed by atoms with van der Waals surface area (Å²) in [6.45, 7) is 6.60. The summed E-state index contributed by atoms with van der Waals surface area (Å²) in [5, 5.41) is 18.9. The van der Waals surface area contributed by atoms with Crippen molar-refractivity contribution in [1.82, 2.24) is 24.1 Å². The van der Waals surface area contributed by atoms with Crippen LogP contribution in [0.25, 0.3) is 16.7 Å². The van der Waals surface area contributed by atoms with Crippen LogP contribution in [0.4, 0.5) is 0 Å². The highest BCUT2D eigenvalue weighted by Gasteiger charge is 2.17. The third kappa shape index (κ3) is 3.48. The van der Waals surface area contributed by atoms with Crippen LogP contribution >= 0.6 is 0 Å². The van der Waals surface area contributed by atoms with Gasteiger partial charge in [-0.05, 0) is 56.2 Å². The number of methoxy groups -OCH3 is 1. The number of hydrogen-bond donors (Lipinski definition) is 1. The zero-order chi connectivity index (χ0) is 21.3. The van der Waals surface area contributed by atoms with Crippen LogP contribution in [0.1, 0.15) is 29.6 Å². The lowest BCUT2D eigenvalue weighted by Crippen LogP contribution is -2.05. The number of oxime groups is 1. The maximum Gasteiger partial charge on any atom is 0.192 e. The van der Waals surface area contributed by atoms with Crippen LogP contribution in [0, 0.1) is 13.8 Å². The minimum atomic E-state index is 0.0499. The lowest BCUT2D eigenvalue weighted by atomic mass is 10.1. The molecular formula is C21H24N6O3. The Hall–Kier alpha value is -3.46. The van der Waals surface area contributed by atoms with E-state index in [2.05, 4.69) is 20.2 Å². The summed E-state index contributed by atoms with van der Waals surface area (Å²) < 4.78 is 8.82. The number of rotatable bonds is 7. The second kappa shape index (κ2) is 8.11. The third-order valence-electron chi connectivity index (χ3n) is 5.22. The molecule has 0 atom stereocenters. The van der Waals surface area contributed by atoms with Crippen molar-refractivity contribution in [2.75, 3.05) is 13.7 Å². The average molecular weight is 408 g/mol.